The summed E-state index contributed by atoms with van der Waals surface area (Å²) in [5.74, 6) is 1.51. The molecular weight excluding hydrogens is 462 g/mol. The zero-order valence-corrected chi connectivity index (χ0v) is 18.7. The Balaban J connectivity index is 0.00000364. The van der Waals surface area contributed by atoms with Crippen LogP contribution in [0.4, 0.5) is 4.39 Å². The second kappa shape index (κ2) is 13.1. The van der Waals surface area contributed by atoms with Crippen molar-refractivity contribution in [2.45, 2.75) is 19.9 Å². The molecule has 8 heteroatoms. The number of guanidine groups is 1. The molecule has 2 N–H and O–H groups in total. The van der Waals surface area contributed by atoms with Gasteiger partial charge in [0.25, 0.3) is 0 Å². The SMILES string of the molecule is CN=C(NCCOc1cccc(F)c1)NCC(C(C)C)N1CCOCC1.I. The monoisotopic (exact) mass is 494 g/mol. The lowest BCUT2D eigenvalue weighted by Crippen LogP contribution is -2.52. The zero-order valence-electron chi connectivity index (χ0n) is 16.4. The normalized spacial score (nSPS) is 16.6. The molecule has 0 bridgehead atoms. The number of morpholine rings is 1. The molecule has 1 aromatic rings. The first-order chi connectivity index (χ1) is 12.6. The second-order valence-electron chi connectivity index (χ2n) is 6.65. The summed E-state index contributed by atoms with van der Waals surface area (Å²) in [5, 5.41) is 6.63. The van der Waals surface area contributed by atoms with E-state index in [2.05, 4.69) is 34.4 Å². The molecule has 1 atom stereocenters. The molecule has 0 aromatic heterocycles. The second-order valence-corrected chi connectivity index (χ2v) is 6.65. The molecule has 1 unspecified atom stereocenters. The molecule has 154 valence electrons. The number of hydrogen-bond donors (Lipinski definition) is 2. The van der Waals surface area contributed by atoms with Gasteiger partial charge >= 0.3 is 0 Å². The molecule has 1 aliphatic rings. The minimum Gasteiger partial charge on any atom is -0.492 e. The van der Waals surface area contributed by atoms with Gasteiger partial charge in [-0.3, -0.25) is 9.89 Å². The van der Waals surface area contributed by atoms with Crippen LogP contribution in [0.2, 0.25) is 0 Å². The Kier molecular flexibility index (Phi) is 11.6. The molecule has 0 amide bonds. The summed E-state index contributed by atoms with van der Waals surface area (Å²) in [6.07, 6.45) is 0. The van der Waals surface area contributed by atoms with Crippen molar-refractivity contribution in [3.63, 3.8) is 0 Å². The van der Waals surface area contributed by atoms with Gasteiger partial charge in [0.05, 0.1) is 19.8 Å². The number of nitrogens with one attached hydrogen (secondary N) is 2. The van der Waals surface area contributed by atoms with Crippen molar-refractivity contribution < 1.29 is 13.9 Å². The third kappa shape index (κ3) is 8.61. The fourth-order valence-corrected chi connectivity index (χ4v) is 3.01. The number of rotatable bonds is 8. The van der Waals surface area contributed by atoms with Crippen LogP contribution in [0.3, 0.4) is 0 Å². The van der Waals surface area contributed by atoms with E-state index in [0.29, 0.717) is 30.9 Å². The highest BCUT2D eigenvalue weighted by Gasteiger charge is 2.23. The highest BCUT2D eigenvalue weighted by molar-refractivity contribution is 14.0. The third-order valence-corrected chi connectivity index (χ3v) is 4.45. The summed E-state index contributed by atoms with van der Waals surface area (Å²) >= 11 is 0. The van der Waals surface area contributed by atoms with E-state index in [9.17, 15) is 4.39 Å². The minimum atomic E-state index is -0.296. The van der Waals surface area contributed by atoms with Gasteiger partial charge < -0.3 is 20.1 Å². The summed E-state index contributed by atoms with van der Waals surface area (Å²) in [4.78, 5) is 6.73. The lowest BCUT2D eigenvalue weighted by atomic mass is 10.0. The summed E-state index contributed by atoms with van der Waals surface area (Å²) in [6, 6.07) is 6.59. The smallest absolute Gasteiger partial charge is 0.191 e. The van der Waals surface area contributed by atoms with E-state index in [1.165, 1.54) is 12.1 Å². The number of aliphatic imine (C=N–C) groups is 1. The van der Waals surface area contributed by atoms with E-state index in [4.69, 9.17) is 9.47 Å². The maximum atomic E-state index is 13.1. The van der Waals surface area contributed by atoms with E-state index in [1.54, 1.807) is 19.2 Å². The van der Waals surface area contributed by atoms with Crippen LogP contribution in [-0.2, 0) is 4.74 Å². The number of hydrogen-bond acceptors (Lipinski definition) is 4. The largest absolute Gasteiger partial charge is 0.492 e. The van der Waals surface area contributed by atoms with Crippen molar-refractivity contribution in [1.82, 2.24) is 15.5 Å². The van der Waals surface area contributed by atoms with Crippen molar-refractivity contribution in [2.75, 3.05) is 53.0 Å². The van der Waals surface area contributed by atoms with Crippen LogP contribution in [0.1, 0.15) is 13.8 Å². The maximum absolute atomic E-state index is 13.1. The molecular formula is C19H32FIN4O2. The standard InChI is InChI=1S/C19H31FN4O2.HI/c1-15(2)18(24-8-11-25-12-9-24)14-23-19(21-3)22-7-10-26-17-6-4-5-16(20)13-17;/h4-6,13,15,18H,7-12,14H2,1-3H3,(H2,21,22,23);1H. The van der Waals surface area contributed by atoms with Gasteiger partial charge in [-0.15, -0.1) is 24.0 Å². The van der Waals surface area contributed by atoms with E-state index >= 15 is 0 Å². The summed E-state index contributed by atoms with van der Waals surface area (Å²) in [7, 11) is 1.75. The maximum Gasteiger partial charge on any atom is 0.191 e. The van der Waals surface area contributed by atoms with Crippen LogP contribution < -0.4 is 15.4 Å². The van der Waals surface area contributed by atoms with E-state index in [1.807, 2.05) is 0 Å². The fraction of sp³-hybridized carbons (Fsp3) is 0.632. The van der Waals surface area contributed by atoms with Crippen LogP contribution in [0.25, 0.3) is 0 Å². The zero-order chi connectivity index (χ0) is 18.8. The third-order valence-electron chi connectivity index (χ3n) is 4.45. The van der Waals surface area contributed by atoms with Crippen LogP contribution >= 0.6 is 24.0 Å². The predicted octanol–water partition coefficient (Wildman–Crippen LogP) is 2.34. The first kappa shape index (κ1) is 23.9. The molecule has 27 heavy (non-hydrogen) atoms. The molecule has 1 heterocycles. The molecule has 0 saturated carbocycles. The predicted molar refractivity (Wildman–Crippen MR) is 118 cm³/mol. The highest BCUT2D eigenvalue weighted by atomic mass is 127. The fourth-order valence-electron chi connectivity index (χ4n) is 3.01. The number of ether oxygens (including phenoxy) is 2. The van der Waals surface area contributed by atoms with Gasteiger partial charge in [-0.05, 0) is 18.1 Å². The molecule has 2 rings (SSSR count). The van der Waals surface area contributed by atoms with Crippen LogP contribution in [0.5, 0.6) is 5.75 Å². The lowest BCUT2D eigenvalue weighted by molar-refractivity contribution is 0.00752. The van der Waals surface area contributed by atoms with Gasteiger partial charge in [-0.25, -0.2) is 4.39 Å². The van der Waals surface area contributed by atoms with Gasteiger partial charge in [-0.2, -0.15) is 0 Å². The minimum absolute atomic E-state index is 0. The van der Waals surface area contributed by atoms with Crippen molar-refractivity contribution in [3.8, 4) is 5.75 Å². The number of halogens is 2. The first-order valence-corrected chi connectivity index (χ1v) is 9.25. The molecule has 1 fully saturated rings. The van der Waals surface area contributed by atoms with E-state index in [-0.39, 0.29) is 29.8 Å². The average molecular weight is 494 g/mol. The molecule has 1 saturated heterocycles. The van der Waals surface area contributed by atoms with Crippen molar-refractivity contribution in [1.29, 1.82) is 0 Å². The average Bonchev–Trinajstić information content (AvgIpc) is 2.64. The molecule has 6 nitrogen and oxygen atoms in total. The molecule has 1 aromatic carbocycles. The van der Waals surface area contributed by atoms with Crippen LogP contribution in [0.15, 0.2) is 29.3 Å². The highest BCUT2D eigenvalue weighted by Crippen LogP contribution is 2.12. The molecule has 0 aliphatic carbocycles. The lowest BCUT2D eigenvalue weighted by Gasteiger charge is -2.37. The molecule has 1 aliphatic heterocycles. The van der Waals surface area contributed by atoms with Gasteiger partial charge in [0.1, 0.15) is 18.2 Å². The van der Waals surface area contributed by atoms with E-state index < -0.39 is 0 Å². The summed E-state index contributed by atoms with van der Waals surface area (Å²) < 4.78 is 24.1. The van der Waals surface area contributed by atoms with Crippen molar-refractivity contribution >= 4 is 29.9 Å². The number of benzene rings is 1. The van der Waals surface area contributed by atoms with Gasteiger partial charge in [0.15, 0.2) is 5.96 Å². The topological polar surface area (TPSA) is 58.1 Å². The Morgan fingerprint density at radius 1 is 1.30 bits per heavy atom. The van der Waals surface area contributed by atoms with Gasteiger partial charge in [0.2, 0.25) is 0 Å². The Morgan fingerprint density at radius 3 is 2.67 bits per heavy atom. The van der Waals surface area contributed by atoms with Crippen molar-refractivity contribution in [2.24, 2.45) is 10.9 Å². The van der Waals surface area contributed by atoms with Crippen LogP contribution in [0, 0.1) is 11.7 Å². The van der Waals surface area contributed by atoms with Crippen LogP contribution in [-0.4, -0.2) is 69.9 Å². The Bertz CT molecular complexity index is 568. The molecule has 0 spiro atoms. The summed E-state index contributed by atoms with van der Waals surface area (Å²) in [6.45, 7) is 9.86. The first-order valence-electron chi connectivity index (χ1n) is 9.25. The Morgan fingerprint density at radius 2 is 2.04 bits per heavy atom. The van der Waals surface area contributed by atoms with Gasteiger partial charge in [-0.1, -0.05) is 19.9 Å². The summed E-state index contributed by atoms with van der Waals surface area (Å²) in [5.41, 5.74) is 0. The Labute approximate surface area is 178 Å². The number of nitrogens with zero attached hydrogens (tertiary/aromatic N) is 2. The quantitative estimate of drug-likeness (QED) is 0.252. The molecule has 0 radical (unpaired) electrons. The van der Waals surface area contributed by atoms with E-state index in [0.717, 1.165) is 38.8 Å². The Hall–Kier alpha value is -1.13. The van der Waals surface area contributed by atoms with Gasteiger partial charge in [0, 0.05) is 38.8 Å². The van der Waals surface area contributed by atoms with Crippen molar-refractivity contribution in [3.05, 3.63) is 30.1 Å².